The lowest BCUT2D eigenvalue weighted by Crippen LogP contribution is -2.29. The Bertz CT molecular complexity index is 491. The number of nitriles is 1. The summed E-state index contributed by atoms with van der Waals surface area (Å²) in [5.74, 6) is 0.315. The summed E-state index contributed by atoms with van der Waals surface area (Å²) >= 11 is 1.49. The van der Waals surface area contributed by atoms with Crippen LogP contribution in [0.2, 0.25) is 0 Å². The fourth-order valence-corrected chi connectivity index (χ4v) is 2.96. The molecule has 2 rings (SSSR count). The number of carbonyl (C=O) groups is 1. The Morgan fingerprint density at radius 2 is 2.29 bits per heavy atom. The number of thioether (sulfide) groups is 1. The van der Waals surface area contributed by atoms with Crippen molar-refractivity contribution in [3.63, 3.8) is 0 Å². The third-order valence-electron chi connectivity index (χ3n) is 2.77. The van der Waals surface area contributed by atoms with Gasteiger partial charge in [0.1, 0.15) is 5.25 Å². The van der Waals surface area contributed by atoms with Crippen molar-refractivity contribution >= 4 is 23.4 Å². The Kier molecular flexibility index (Phi) is 3.39. The van der Waals surface area contributed by atoms with Crippen LogP contribution >= 0.6 is 11.8 Å². The summed E-state index contributed by atoms with van der Waals surface area (Å²) in [4.78, 5) is 12.9. The van der Waals surface area contributed by atoms with E-state index in [-0.39, 0.29) is 17.6 Å². The van der Waals surface area contributed by atoms with Crippen LogP contribution in [0.1, 0.15) is 31.7 Å². The van der Waals surface area contributed by atoms with Crippen molar-refractivity contribution < 1.29 is 4.79 Å². The van der Waals surface area contributed by atoms with Crippen LogP contribution in [0.25, 0.3) is 0 Å². The second-order valence-corrected chi connectivity index (χ2v) is 5.58. The summed E-state index contributed by atoms with van der Waals surface area (Å²) in [5, 5.41) is 11.3. The minimum atomic E-state index is -0.282. The second-order valence-electron chi connectivity index (χ2n) is 4.33. The van der Waals surface area contributed by atoms with Crippen LogP contribution < -0.4 is 5.32 Å². The molecule has 0 spiro atoms. The van der Waals surface area contributed by atoms with Gasteiger partial charge in [0.25, 0.3) is 0 Å². The molecule has 1 unspecified atom stereocenters. The number of hydrogen-bond donors (Lipinski definition) is 1. The van der Waals surface area contributed by atoms with E-state index in [4.69, 9.17) is 5.26 Å². The number of benzene rings is 1. The lowest BCUT2D eigenvalue weighted by molar-refractivity contribution is -0.115. The van der Waals surface area contributed by atoms with Crippen LogP contribution in [0.4, 0.5) is 5.69 Å². The van der Waals surface area contributed by atoms with Crippen LogP contribution in [-0.4, -0.2) is 11.2 Å². The van der Waals surface area contributed by atoms with Gasteiger partial charge in [0.05, 0.1) is 18.2 Å². The first-order chi connectivity index (χ1) is 8.13. The quantitative estimate of drug-likeness (QED) is 0.872. The maximum absolute atomic E-state index is 11.8. The van der Waals surface area contributed by atoms with Gasteiger partial charge in [0, 0.05) is 4.90 Å². The molecule has 0 saturated carbocycles. The van der Waals surface area contributed by atoms with Crippen LogP contribution in [-0.2, 0) is 4.79 Å². The molecule has 1 aliphatic heterocycles. The Balaban J connectivity index is 2.38. The SMILES string of the molecule is CC(C)c1cccc2c1NC(=O)C(CC#N)S2. The standard InChI is InChI=1S/C13H14N2OS/c1-8(2)9-4-3-5-10-12(9)15-13(16)11(17-10)6-7-14/h3-5,8,11H,6H2,1-2H3,(H,15,16). The molecule has 0 aromatic heterocycles. The molecule has 0 fully saturated rings. The van der Waals surface area contributed by atoms with Gasteiger partial charge in [-0.25, -0.2) is 0 Å². The first kappa shape index (κ1) is 12.0. The normalized spacial score (nSPS) is 18.5. The fourth-order valence-electron chi connectivity index (χ4n) is 1.89. The highest BCUT2D eigenvalue weighted by atomic mass is 32.2. The van der Waals surface area contributed by atoms with Gasteiger partial charge in [-0.1, -0.05) is 26.0 Å². The van der Waals surface area contributed by atoms with E-state index in [2.05, 4.69) is 25.2 Å². The zero-order valence-corrected chi connectivity index (χ0v) is 10.7. The van der Waals surface area contributed by atoms with Crippen molar-refractivity contribution in [1.82, 2.24) is 0 Å². The number of rotatable bonds is 2. The van der Waals surface area contributed by atoms with Crippen molar-refractivity contribution in [1.29, 1.82) is 5.26 Å². The zero-order chi connectivity index (χ0) is 12.4. The third-order valence-corrected chi connectivity index (χ3v) is 4.03. The fraction of sp³-hybridized carbons (Fsp3) is 0.385. The van der Waals surface area contributed by atoms with Crippen molar-refractivity contribution in [3.05, 3.63) is 23.8 Å². The Morgan fingerprint density at radius 3 is 2.94 bits per heavy atom. The lowest BCUT2D eigenvalue weighted by Gasteiger charge is -2.25. The molecule has 1 aliphatic rings. The minimum absolute atomic E-state index is 0.0582. The van der Waals surface area contributed by atoms with E-state index >= 15 is 0 Å². The maximum Gasteiger partial charge on any atom is 0.238 e. The van der Waals surface area contributed by atoms with Gasteiger partial charge in [0.15, 0.2) is 0 Å². The highest BCUT2D eigenvalue weighted by Crippen LogP contribution is 2.40. The van der Waals surface area contributed by atoms with Crippen molar-refractivity contribution in [2.75, 3.05) is 5.32 Å². The van der Waals surface area contributed by atoms with Crippen molar-refractivity contribution in [2.24, 2.45) is 0 Å². The Hall–Kier alpha value is -1.47. The molecule has 1 amide bonds. The molecular formula is C13H14N2OS. The molecule has 0 radical (unpaired) electrons. The molecule has 88 valence electrons. The summed E-state index contributed by atoms with van der Waals surface area (Å²) in [5.41, 5.74) is 2.07. The molecule has 0 saturated heterocycles. The van der Waals surface area contributed by atoms with Gasteiger partial charge in [-0.15, -0.1) is 11.8 Å². The van der Waals surface area contributed by atoms with E-state index in [0.29, 0.717) is 5.92 Å². The van der Waals surface area contributed by atoms with E-state index in [1.807, 2.05) is 18.2 Å². The highest BCUT2D eigenvalue weighted by molar-refractivity contribution is 8.01. The molecule has 3 nitrogen and oxygen atoms in total. The second kappa shape index (κ2) is 4.80. The van der Waals surface area contributed by atoms with Gasteiger partial charge < -0.3 is 5.32 Å². The first-order valence-electron chi connectivity index (χ1n) is 5.61. The number of fused-ring (bicyclic) bond motifs is 1. The predicted molar refractivity (Wildman–Crippen MR) is 69.0 cm³/mol. The number of para-hydroxylation sites is 1. The number of anilines is 1. The molecule has 17 heavy (non-hydrogen) atoms. The van der Waals surface area contributed by atoms with Crippen LogP contribution in [0.3, 0.4) is 0 Å². The average molecular weight is 246 g/mol. The number of hydrogen-bond acceptors (Lipinski definition) is 3. The Morgan fingerprint density at radius 1 is 1.53 bits per heavy atom. The van der Waals surface area contributed by atoms with Gasteiger partial charge in [0.2, 0.25) is 5.91 Å². The largest absolute Gasteiger partial charge is 0.324 e. The predicted octanol–water partition coefficient (Wildman–Crippen LogP) is 3.14. The van der Waals surface area contributed by atoms with Crippen LogP contribution in [0.5, 0.6) is 0 Å². The van der Waals surface area contributed by atoms with Gasteiger partial charge >= 0.3 is 0 Å². The van der Waals surface area contributed by atoms with E-state index in [1.54, 1.807) is 0 Å². The maximum atomic E-state index is 11.8. The first-order valence-corrected chi connectivity index (χ1v) is 6.49. The molecule has 0 bridgehead atoms. The topological polar surface area (TPSA) is 52.9 Å². The molecule has 1 atom stereocenters. The van der Waals surface area contributed by atoms with Crippen LogP contribution in [0.15, 0.2) is 23.1 Å². The van der Waals surface area contributed by atoms with E-state index in [1.165, 1.54) is 11.8 Å². The summed E-state index contributed by atoms with van der Waals surface area (Å²) in [7, 11) is 0. The summed E-state index contributed by atoms with van der Waals surface area (Å²) in [6.45, 7) is 4.21. The molecule has 1 aromatic carbocycles. The monoisotopic (exact) mass is 246 g/mol. The molecular weight excluding hydrogens is 232 g/mol. The summed E-state index contributed by atoms with van der Waals surface area (Å²) in [6.07, 6.45) is 0.252. The number of nitrogens with zero attached hydrogens (tertiary/aromatic N) is 1. The molecule has 1 N–H and O–H groups in total. The Labute approximate surface area is 105 Å². The number of amides is 1. The van der Waals surface area contributed by atoms with E-state index in [0.717, 1.165) is 16.1 Å². The summed E-state index contributed by atoms with van der Waals surface area (Å²) in [6, 6.07) is 8.09. The smallest absolute Gasteiger partial charge is 0.238 e. The number of nitrogens with one attached hydrogen (secondary N) is 1. The molecule has 1 aromatic rings. The van der Waals surface area contributed by atoms with Crippen molar-refractivity contribution in [2.45, 2.75) is 36.3 Å². The van der Waals surface area contributed by atoms with Gasteiger partial charge in [-0.2, -0.15) is 5.26 Å². The van der Waals surface area contributed by atoms with E-state index < -0.39 is 0 Å². The van der Waals surface area contributed by atoms with E-state index in [9.17, 15) is 4.79 Å². The molecule has 0 aliphatic carbocycles. The van der Waals surface area contributed by atoms with Gasteiger partial charge in [-0.05, 0) is 17.5 Å². The summed E-state index contributed by atoms with van der Waals surface area (Å²) < 4.78 is 0. The lowest BCUT2D eigenvalue weighted by atomic mass is 10.0. The average Bonchev–Trinajstić information content (AvgIpc) is 2.29. The highest BCUT2D eigenvalue weighted by Gasteiger charge is 2.28. The minimum Gasteiger partial charge on any atom is -0.324 e. The molecule has 1 heterocycles. The third kappa shape index (κ3) is 2.29. The van der Waals surface area contributed by atoms with Crippen molar-refractivity contribution in [3.8, 4) is 6.07 Å². The van der Waals surface area contributed by atoms with Gasteiger partial charge in [-0.3, -0.25) is 4.79 Å². The van der Waals surface area contributed by atoms with Crippen LogP contribution in [0, 0.1) is 11.3 Å². The molecule has 4 heteroatoms. The zero-order valence-electron chi connectivity index (χ0n) is 9.86. The number of carbonyl (C=O) groups excluding carboxylic acids is 1.